The van der Waals surface area contributed by atoms with Crippen molar-refractivity contribution in [1.82, 2.24) is 15.2 Å². The Morgan fingerprint density at radius 3 is 3.27 bits per heavy atom. The maximum absolute atomic E-state index is 10.4. The second kappa shape index (κ2) is 2.16. The third kappa shape index (κ3) is 0.797. The number of hydrogen-bond acceptors (Lipinski definition) is 3. The van der Waals surface area contributed by atoms with Crippen molar-refractivity contribution < 1.29 is 4.79 Å². The van der Waals surface area contributed by atoms with Crippen LogP contribution in [0.1, 0.15) is 10.4 Å². The number of aromatic amines is 1. The lowest BCUT2D eigenvalue weighted by molar-refractivity contribution is 0.112. The Bertz CT molecular complexity index is 393. The van der Waals surface area contributed by atoms with Gasteiger partial charge >= 0.3 is 0 Å². The standard InChI is InChI=1S/C7H5N3O/c11-4-5-1-2-8-7-6(5)3-9-10-7/h1-4H,(H,8,9,10). The average Bonchev–Trinajstić information content (AvgIpc) is 2.50. The van der Waals surface area contributed by atoms with Crippen molar-refractivity contribution in [2.75, 3.05) is 0 Å². The number of rotatable bonds is 1. The molecule has 0 aromatic carbocycles. The van der Waals surface area contributed by atoms with E-state index in [1.807, 2.05) is 0 Å². The van der Waals surface area contributed by atoms with Gasteiger partial charge in [-0.25, -0.2) is 4.98 Å². The van der Waals surface area contributed by atoms with Crippen LogP contribution in [-0.4, -0.2) is 21.5 Å². The number of pyridine rings is 1. The first-order valence-corrected chi connectivity index (χ1v) is 3.15. The Balaban J connectivity index is 2.88. The molecule has 0 amide bonds. The molecule has 54 valence electrons. The van der Waals surface area contributed by atoms with Crippen LogP contribution in [0.4, 0.5) is 0 Å². The molecule has 0 fully saturated rings. The van der Waals surface area contributed by atoms with Gasteiger partial charge < -0.3 is 0 Å². The molecule has 0 aliphatic carbocycles. The first-order valence-electron chi connectivity index (χ1n) is 3.15. The summed E-state index contributed by atoms with van der Waals surface area (Å²) in [6, 6.07) is 1.66. The zero-order chi connectivity index (χ0) is 7.68. The molecular weight excluding hydrogens is 142 g/mol. The highest BCUT2D eigenvalue weighted by molar-refractivity contribution is 5.94. The van der Waals surface area contributed by atoms with Crippen molar-refractivity contribution in [3.63, 3.8) is 0 Å². The van der Waals surface area contributed by atoms with Gasteiger partial charge in [0, 0.05) is 23.3 Å². The number of fused-ring (bicyclic) bond motifs is 1. The number of carbonyl (C=O) groups is 1. The molecule has 2 aromatic heterocycles. The molecule has 0 saturated heterocycles. The van der Waals surface area contributed by atoms with Gasteiger partial charge in [-0.2, -0.15) is 5.10 Å². The number of hydrogen-bond donors (Lipinski definition) is 1. The van der Waals surface area contributed by atoms with Gasteiger partial charge in [-0.05, 0) is 6.07 Å². The monoisotopic (exact) mass is 147 g/mol. The van der Waals surface area contributed by atoms with E-state index in [0.29, 0.717) is 11.2 Å². The van der Waals surface area contributed by atoms with E-state index in [9.17, 15) is 4.79 Å². The van der Waals surface area contributed by atoms with E-state index in [4.69, 9.17) is 0 Å². The van der Waals surface area contributed by atoms with E-state index < -0.39 is 0 Å². The summed E-state index contributed by atoms with van der Waals surface area (Å²) in [5, 5.41) is 7.24. The van der Waals surface area contributed by atoms with E-state index in [0.717, 1.165) is 11.7 Å². The molecule has 0 bridgehead atoms. The van der Waals surface area contributed by atoms with Gasteiger partial charge in [-0.3, -0.25) is 9.89 Å². The smallest absolute Gasteiger partial charge is 0.181 e. The number of nitrogens with one attached hydrogen (secondary N) is 1. The van der Waals surface area contributed by atoms with Crippen LogP contribution >= 0.6 is 0 Å². The fourth-order valence-electron chi connectivity index (χ4n) is 0.974. The molecule has 4 nitrogen and oxygen atoms in total. The predicted molar refractivity (Wildman–Crippen MR) is 39.3 cm³/mol. The van der Waals surface area contributed by atoms with Crippen molar-refractivity contribution in [2.45, 2.75) is 0 Å². The SMILES string of the molecule is O=Cc1ccnc2n[nH]cc12. The molecule has 0 saturated carbocycles. The topological polar surface area (TPSA) is 58.6 Å². The lowest BCUT2D eigenvalue weighted by Crippen LogP contribution is -1.82. The van der Waals surface area contributed by atoms with E-state index >= 15 is 0 Å². The first kappa shape index (κ1) is 6.03. The van der Waals surface area contributed by atoms with Crippen LogP contribution in [0, 0.1) is 0 Å². The summed E-state index contributed by atoms with van der Waals surface area (Å²) in [5.74, 6) is 0. The molecule has 1 N–H and O–H groups in total. The summed E-state index contributed by atoms with van der Waals surface area (Å²) in [6.07, 6.45) is 4.01. The van der Waals surface area contributed by atoms with Crippen molar-refractivity contribution in [2.24, 2.45) is 0 Å². The quantitative estimate of drug-likeness (QED) is 0.606. The van der Waals surface area contributed by atoms with E-state index in [1.54, 1.807) is 18.5 Å². The summed E-state index contributed by atoms with van der Waals surface area (Å²) in [7, 11) is 0. The zero-order valence-corrected chi connectivity index (χ0v) is 5.61. The van der Waals surface area contributed by atoms with Crippen LogP contribution in [0.15, 0.2) is 18.5 Å². The first-order chi connectivity index (χ1) is 5.42. The third-order valence-corrected chi connectivity index (χ3v) is 1.51. The van der Waals surface area contributed by atoms with Gasteiger partial charge in [-0.15, -0.1) is 0 Å². The number of nitrogens with zero attached hydrogens (tertiary/aromatic N) is 2. The predicted octanol–water partition coefficient (Wildman–Crippen LogP) is 0.770. The summed E-state index contributed by atoms with van der Waals surface area (Å²) in [5.41, 5.74) is 1.19. The van der Waals surface area contributed by atoms with Gasteiger partial charge in [-0.1, -0.05) is 0 Å². The Morgan fingerprint density at radius 2 is 2.45 bits per heavy atom. The maximum atomic E-state index is 10.4. The van der Waals surface area contributed by atoms with Gasteiger partial charge in [0.1, 0.15) is 0 Å². The highest BCUT2D eigenvalue weighted by Crippen LogP contribution is 2.10. The second-order valence-corrected chi connectivity index (χ2v) is 2.14. The Labute approximate surface area is 62.3 Å². The van der Waals surface area contributed by atoms with Crippen LogP contribution in [0.3, 0.4) is 0 Å². The number of aromatic nitrogens is 3. The fourth-order valence-corrected chi connectivity index (χ4v) is 0.974. The van der Waals surface area contributed by atoms with Crippen LogP contribution in [0.2, 0.25) is 0 Å². The molecule has 2 heterocycles. The molecule has 0 spiro atoms. The van der Waals surface area contributed by atoms with Crippen molar-refractivity contribution in [1.29, 1.82) is 0 Å². The lowest BCUT2D eigenvalue weighted by Gasteiger charge is -1.88. The zero-order valence-electron chi connectivity index (χ0n) is 5.61. The minimum Gasteiger partial charge on any atom is -0.298 e. The van der Waals surface area contributed by atoms with Crippen LogP contribution in [-0.2, 0) is 0 Å². The average molecular weight is 147 g/mol. The van der Waals surface area contributed by atoms with Gasteiger partial charge in [0.2, 0.25) is 0 Å². The molecule has 2 aromatic rings. The summed E-state index contributed by atoms with van der Waals surface area (Å²) in [6.45, 7) is 0. The van der Waals surface area contributed by atoms with E-state index in [1.165, 1.54) is 0 Å². The summed E-state index contributed by atoms with van der Waals surface area (Å²) < 4.78 is 0. The number of carbonyl (C=O) groups excluding carboxylic acids is 1. The minimum atomic E-state index is 0.578. The molecule has 0 atom stereocenters. The highest BCUT2D eigenvalue weighted by atomic mass is 16.1. The van der Waals surface area contributed by atoms with Crippen molar-refractivity contribution >= 4 is 17.3 Å². The normalized spacial score (nSPS) is 10.2. The molecular formula is C7H5N3O. The van der Waals surface area contributed by atoms with Gasteiger partial charge in [0.05, 0.1) is 0 Å². The van der Waals surface area contributed by atoms with Crippen LogP contribution in [0.5, 0.6) is 0 Å². The van der Waals surface area contributed by atoms with Gasteiger partial charge in [0.15, 0.2) is 11.9 Å². The minimum absolute atomic E-state index is 0.578. The third-order valence-electron chi connectivity index (χ3n) is 1.51. The number of aldehydes is 1. The van der Waals surface area contributed by atoms with E-state index in [2.05, 4.69) is 15.2 Å². The van der Waals surface area contributed by atoms with Crippen molar-refractivity contribution in [3.8, 4) is 0 Å². The molecule has 2 rings (SSSR count). The molecule has 4 heteroatoms. The molecule has 0 aliphatic rings. The Kier molecular flexibility index (Phi) is 1.18. The number of H-pyrrole nitrogens is 1. The lowest BCUT2D eigenvalue weighted by atomic mass is 10.2. The molecule has 11 heavy (non-hydrogen) atoms. The van der Waals surface area contributed by atoms with Gasteiger partial charge in [0.25, 0.3) is 0 Å². The molecule has 0 unspecified atom stereocenters. The maximum Gasteiger partial charge on any atom is 0.181 e. The van der Waals surface area contributed by atoms with E-state index in [-0.39, 0.29) is 0 Å². The fraction of sp³-hybridized carbons (Fsp3) is 0. The largest absolute Gasteiger partial charge is 0.298 e. The molecule has 0 aliphatic heterocycles. The molecule has 0 radical (unpaired) electrons. The van der Waals surface area contributed by atoms with Crippen LogP contribution in [0.25, 0.3) is 11.0 Å². The Morgan fingerprint density at radius 1 is 1.55 bits per heavy atom. The van der Waals surface area contributed by atoms with Crippen LogP contribution < -0.4 is 0 Å². The summed E-state index contributed by atoms with van der Waals surface area (Å²) >= 11 is 0. The summed E-state index contributed by atoms with van der Waals surface area (Å²) in [4.78, 5) is 14.4. The Hall–Kier alpha value is -1.71. The highest BCUT2D eigenvalue weighted by Gasteiger charge is 2.00. The second-order valence-electron chi connectivity index (χ2n) is 2.14. The van der Waals surface area contributed by atoms with Crippen molar-refractivity contribution in [3.05, 3.63) is 24.0 Å².